The third kappa shape index (κ3) is 4.59. The molecular formula is C23H16F2N2O3S. The van der Waals surface area contributed by atoms with E-state index >= 15 is 0 Å². The van der Waals surface area contributed by atoms with E-state index in [1.807, 2.05) is 0 Å². The Morgan fingerprint density at radius 3 is 2.10 bits per heavy atom. The average Bonchev–Trinajstić information content (AvgIpc) is 3.13. The number of carboxylic acids is 1. The summed E-state index contributed by atoms with van der Waals surface area (Å²) in [5.41, 5.74) is 2.02. The van der Waals surface area contributed by atoms with E-state index < -0.39 is 23.5 Å². The lowest BCUT2D eigenvalue weighted by Gasteiger charge is -2.16. The van der Waals surface area contributed by atoms with Crippen molar-refractivity contribution in [1.82, 2.24) is 9.97 Å². The van der Waals surface area contributed by atoms with Crippen LogP contribution in [0.1, 0.15) is 26.9 Å². The van der Waals surface area contributed by atoms with E-state index in [-0.39, 0.29) is 12.0 Å². The summed E-state index contributed by atoms with van der Waals surface area (Å²) in [7, 11) is 0. The van der Waals surface area contributed by atoms with Crippen molar-refractivity contribution in [3.8, 4) is 11.3 Å². The van der Waals surface area contributed by atoms with Crippen molar-refractivity contribution < 1.29 is 18.7 Å². The topological polar surface area (TPSA) is 83.0 Å². The van der Waals surface area contributed by atoms with Crippen LogP contribution in [-0.4, -0.2) is 21.0 Å². The summed E-state index contributed by atoms with van der Waals surface area (Å²) in [6.45, 7) is 0. The third-order valence-electron chi connectivity index (χ3n) is 4.73. The first-order chi connectivity index (χ1) is 14.9. The van der Waals surface area contributed by atoms with Crippen LogP contribution in [0.25, 0.3) is 11.3 Å². The number of hydrogen-bond donors (Lipinski definition) is 2. The van der Waals surface area contributed by atoms with Gasteiger partial charge >= 0.3 is 5.97 Å². The van der Waals surface area contributed by atoms with E-state index in [4.69, 9.17) is 0 Å². The molecule has 31 heavy (non-hydrogen) atoms. The minimum absolute atomic E-state index is 0.265. The quantitative estimate of drug-likeness (QED) is 0.462. The molecule has 4 aromatic rings. The van der Waals surface area contributed by atoms with Gasteiger partial charge in [0.15, 0.2) is 0 Å². The molecule has 2 N–H and O–H groups in total. The van der Waals surface area contributed by atoms with Crippen LogP contribution < -0.4 is 5.56 Å². The van der Waals surface area contributed by atoms with Gasteiger partial charge in [-0.25, -0.2) is 13.8 Å². The lowest BCUT2D eigenvalue weighted by Crippen LogP contribution is -2.05. The second kappa shape index (κ2) is 8.61. The fourth-order valence-electron chi connectivity index (χ4n) is 3.36. The van der Waals surface area contributed by atoms with E-state index in [2.05, 4.69) is 9.97 Å². The molecule has 4 rings (SSSR count). The van der Waals surface area contributed by atoms with Crippen LogP contribution in [0.2, 0.25) is 0 Å². The van der Waals surface area contributed by atoms with Crippen molar-refractivity contribution in [2.24, 2.45) is 0 Å². The molecule has 0 saturated carbocycles. The maximum atomic E-state index is 13.5. The van der Waals surface area contributed by atoms with Gasteiger partial charge in [0, 0.05) is 22.7 Å². The lowest BCUT2D eigenvalue weighted by atomic mass is 9.92. The summed E-state index contributed by atoms with van der Waals surface area (Å²) >= 11 is 1.20. The summed E-state index contributed by atoms with van der Waals surface area (Å²) in [5, 5.41) is 9.92. The zero-order valence-corrected chi connectivity index (χ0v) is 16.8. The van der Waals surface area contributed by atoms with Gasteiger partial charge in [-0.15, -0.1) is 11.3 Å². The van der Waals surface area contributed by atoms with Crippen LogP contribution >= 0.6 is 11.3 Å². The van der Waals surface area contributed by atoms with E-state index in [0.717, 1.165) is 11.1 Å². The molecule has 8 heteroatoms. The van der Waals surface area contributed by atoms with Crippen LogP contribution in [-0.2, 0) is 11.2 Å². The number of aliphatic carboxylic acids is 1. The molecule has 0 aliphatic heterocycles. The zero-order valence-electron chi connectivity index (χ0n) is 16.0. The van der Waals surface area contributed by atoms with Crippen LogP contribution in [0.5, 0.6) is 0 Å². The number of rotatable bonds is 6. The number of nitrogens with zero attached hydrogens (tertiary/aromatic N) is 1. The maximum absolute atomic E-state index is 13.5. The Bertz CT molecular complexity index is 1240. The predicted molar refractivity (Wildman–Crippen MR) is 113 cm³/mol. The van der Waals surface area contributed by atoms with Gasteiger partial charge in [-0.2, -0.15) is 0 Å². The molecule has 2 heterocycles. The second-order valence-electron chi connectivity index (χ2n) is 6.87. The summed E-state index contributed by atoms with van der Waals surface area (Å²) in [6, 6.07) is 14.8. The van der Waals surface area contributed by atoms with Gasteiger partial charge in [-0.1, -0.05) is 24.3 Å². The van der Waals surface area contributed by atoms with E-state index in [0.29, 0.717) is 21.1 Å². The Balaban J connectivity index is 1.90. The number of H-pyrrole nitrogens is 1. The molecule has 0 atom stereocenters. The highest BCUT2D eigenvalue weighted by molar-refractivity contribution is 7.12. The molecule has 0 saturated heterocycles. The Morgan fingerprint density at radius 2 is 1.58 bits per heavy atom. The molecule has 0 amide bonds. The normalized spacial score (nSPS) is 11.1. The minimum atomic E-state index is -1.03. The van der Waals surface area contributed by atoms with Crippen molar-refractivity contribution >= 4 is 17.3 Å². The summed E-state index contributed by atoms with van der Waals surface area (Å²) in [5.74, 6) is -2.27. The van der Waals surface area contributed by atoms with E-state index in [9.17, 15) is 23.5 Å². The SMILES string of the molecule is O=C(O)Cc1sc(C(c2ccc(F)cc2)c2ccc(F)cc2)nc1-c1cc[nH]c(=O)c1. The van der Waals surface area contributed by atoms with Gasteiger partial charge in [0.1, 0.15) is 16.6 Å². The standard InChI is InChI=1S/C23H16F2N2O3S/c24-16-5-1-13(2-6-16)21(14-3-7-17(25)8-4-14)23-27-22(18(31-23)12-20(29)30)15-9-10-26-19(28)11-15/h1-11,21H,12H2,(H,26,28)(H,29,30). The van der Waals surface area contributed by atoms with Gasteiger partial charge in [0.25, 0.3) is 0 Å². The monoisotopic (exact) mass is 438 g/mol. The highest BCUT2D eigenvalue weighted by atomic mass is 32.1. The smallest absolute Gasteiger partial charge is 0.308 e. The average molecular weight is 438 g/mol. The molecule has 0 bridgehead atoms. The number of nitrogens with one attached hydrogen (secondary N) is 1. The predicted octanol–water partition coefficient (Wildman–Crippen LogP) is 4.58. The van der Waals surface area contributed by atoms with Gasteiger partial charge in [-0.3, -0.25) is 9.59 Å². The van der Waals surface area contributed by atoms with Crippen LogP contribution in [0, 0.1) is 11.6 Å². The summed E-state index contributed by atoms with van der Waals surface area (Å²) in [6.07, 6.45) is 1.21. The first kappa shape index (κ1) is 20.6. The van der Waals surface area contributed by atoms with Crippen molar-refractivity contribution in [3.63, 3.8) is 0 Å². The number of thiazole rings is 1. The molecule has 0 aliphatic carbocycles. The maximum Gasteiger partial charge on any atom is 0.308 e. The van der Waals surface area contributed by atoms with Crippen molar-refractivity contribution in [3.05, 3.63) is 110 Å². The molecule has 0 radical (unpaired) electrons. The molecular weight excluding hydrogens is 422 g/mol. The number of hydrogen-bond acceptors (Lipinski definition) is 4. The van der Waals surface area contributed by atoms with Crippen LogP contribution in [0.4, 0.5) is 8.78 Å². The fraction of sp³-hybridized carbons (Fsp3) is 0.0870. The Morgan fingerprint density at radius 1 is 1.00 bits per heavy atom. The highest BCUT2D eigenvalue weighted by Crippen LogP contribution is 2.38. The first-order valence-electron chi connectivity index (χ1n) is 9.32. The van der Waals surface area contributed by atoms with Gasteiger partial charge < -0.3 is 10.1 Å². The van der Waals surface area contributed by atoms with E-state index in [1.165, 1.54) is 47.9 Å². The highest BCUT2D eigenvalue weighted by Gasteiger charge is 2.24. The fourth-order valence-corrected chi connectivity index (χ4v) is 4.59. The van der Waals surface area contributed by atoms with E-state index in [1.54, 1.807) is 30.3 Å². The Kier molecular flexibility index (Phi) is 5.73. The number of halogens is 2. The second-order valence-corrected chi connectivity index (χ2v) is 7.99. The Labute approximate surface area is 179 Å². The largest absolute Gasteiger partial charge is 0.481 e. The minimum Gasteiger partial charge on any atom is -0.481 e. The van der Waals surface area contributed by atoms with Gasteiger partial charge in [0.2, 0.25) is 5.56 Å². The Hall–Kier alpha value is -3.65. The van der Waals surface area contributed by atoms with Crippen LogP contribution in [0.15, 0.2) is 71.7 Å². The molecule has 2 aromatic heterocycles. The molecule has 156 valence electrons. The molecule has 0 fully saturated rings. The number of carboxylic acid groups (broad SMARTS) is 1. The molecule has 2 aromatic carbocycles. The number of aromatic amines is 1. The number of benzene rings is 2. The van der Waals surface area contributed by atoms with Crippen molar-refractivity contribution in [2.75, 3.05) is 0 Å². The van der Waals surface area contributed by atoms with Crippen LogP contribution in [0.3, 0.4) is 0 Å². The third-order valence-corrected chi connectivity index (χ3v) is 5.85. The number of aromatic nitrogens is 2. The molecule has 0 spiro atoms. The molecule has 0 aliphatic rings. The number of pyridine rings is 1. The molecule has 0 unspecified atom stereocenters. The van der Waals surface area contributed by atoms with Gasteiger partial charge in [-0.05, 0) is 41.5 Å². The van der Waals surface area contributed by atoms with Crippen molar-refractivity contribution in [1.29, 1.82) is 0 Å². The van der Waals surface area contributed by atoms with Crippen molar-refractivity contribution in [2.45, 2.75) is 12.3 Å². The number of carbonyl (C=O) groups is 1. The first-order valence-corrected chi connectivity index (χ1v) is 10.1. The summed E-state index contributed by atoms with van der Waals surface area (Å²) in [4.78, 5) is 30.9. The lowest BCUT2D eigenvalue weighted by molar-refractivity contribution is -0.136. The van der Waals surface area contributed by atoms with Gasteiger partial charge in [0.05, 0.1) is 18.0 Å². The summed E-state index contributed by atoms with van der Waals surface area (Å²) < 4.78 is 27.0. The molecule has 5 nitrogen and oxygen atoms in total. The zero-order chi connectivity index (χ0) is 22.0.